The van der Waals surface area contributed by atoms with Crippen molar-refractivity contribution in [3.05, 3.63) is 47.5 Å². The van der Waals surface area contributed by atoms with Gasteiger partial charge in [-0.3, -0.25) is 4.90 Å². The number of likely N-dealkylation sites (tertiary alicyclic amines) is 1. The normalized spacial score (nSPS) is 21.5. The summed E-state index contributed by atoms with van der Waals surface area (Å²) >= 11 is 0. The monoisotopic (exact) mass is 355 g/mol. The first-order valence-corrected chi connectivity index (χ1v) is 9.86. The van der Waals surface area contributed by atoms with Crippen LogP contribution >= 0.6 is 0 Å². The Bertz CT molecular complexity index is 728. The molecule has 1 aliphatic carbocycles. The lowest BCUT2D eigenvalue weighted by atomic mass is 10.0. The zero-order chi connectivity index (χ0) is 17.9. The van der Waals surface area contributed by atoms with Gasteiger partial charge in [0, 0.05) is 19.3 Å². The van der Waals surface area contributed by atoms with Gasteiger partial charge < -0.3 is 14.4 Å². The molecule has 26 heavy (non-hydrogen) atoms. The first kappa shape index (κ1) is 17.6. The Morgan fingerprint density at radius 2 is 2.00 bits per heavy atom. The fourth-order valence-corrected chi connectivity index (χ4v) is 4.37. The molecule has 0 spiro atoms. The van der Waals surface area contributed by atoms with Gasteiger partial charge in [0.2, 0.25) is 0 Å². The van der Waals surface area contributed by atoms with Gasteiger partial charge >= 0.3 is 0 Å². The second-order valence-electron chi connectivity index (χ2n) is 7.56. The van der Waals surface area contributed by atoms with Crippen LogP contribution < -0.4 is 4.74 Å². The van der Waals surface area contributed by atoms with Gasteiger partial charge in [-0.25, -0.2) is 4.98 Å². The van der Waals surface area contributed by atoms with E-state index in [1.165, 1.54) is 30.1 Å². The molecule has 0 amide bonds. The lowest BCUT2D eigenvalue weighted by Crippen LogP contribution is -2.36. The number of aryl methyl sites for hydroxylation is 1. The Labute approximate surface area is 155 Å². The molecule has 0 bridgehead atoms. The number of hydrogen-bond acceptors (Lipinski definition) is 4. The van der Waals surface area contributed by atoms with E-state index in [0.29, 0.717) is 19.2 Å². The van der Waals surface area contributed by atoms with Crippen molar-refractivity contribution in [3.63, 3.8) is 0 Å². The van der Waals surface area contributed by atoms with E-state index < -0.39 is 6.10 Å². The third-order valence-electron chi connectivity index (χ3n) is 5.70. The van der Waals surface area contributed by atoms with Gasteiger partial charge in [0.25, 0.3) is 0 Å². The van der Waals surface area contributed by atoms with Crippen molar-refractivity contribution in [2.75, 3.05) is 19.7 Å². The average Bonchev–Trinajstić information content (AvgIpc) is 3.25. The van der Waals surface area contributed by atoms with Crippen LogP contribution in [0.4, 0.5) is 0 Å². The van der Waals surface area contributed by atoms with E-state index in [4.69, 9.17) is 9.72 Å². The molecule has 0 radical (unpaired) electrons. The molecule has 140 valence electrons. The summed E-state index contributed by atoms with van der Waals surface area (Å²) in [5.41, 5.74) is 2.72. The van der Waals surface area contributed by atoms with Crippen LogP contribution in [0.3, 0.4) is 0 Å². The van der Waals surface area contributed by atoms with Crippen molar-refractivity contribution < 1.29 is 9.84 Å². The number of imidazole rings is 1. The van der Waals surface area contributed by atoms with E-state index in [-0.39, 0.29) is 0 Å². The van der Waals surface area contributed by atoms with Crippen molar-refractivity contribution in [2.45, 2.75) is 50.7 Å². The molecule has 0 saturated carbocycles. The maximum atomic E-state index is 10.5. The number of β-amino-alcohol motifs (C(OH)–C–C–N with tert-alkyl or cyclic N) is 1. The second kappa shape index (κ2) is 7.80. The maximum absolute atomic E-state index is 10.5. The van der Waals surface area contributed by atoms with Gasteiger partial charge in [-0.15, -0.1) is 0 Å². The molecule has 1 aromatic carbocycles. The van der Waals surface area contributed by atoms with E-state index in [2.05, 4.69) is 16.5 Å². The molecule has 2 aromatic rings. The topological polar surface area (TPSA) is 50.5 Å². The highest BCUT2D eigenvalue weighted by atomic mass is 16.5. The van der Waals surface area contributed by atoms with E-state index in [9.17, 15) is 5.11 Å². The number of hydrogen-bond donors (Lipinski definition) is 1. The summed E-state index contributed by atoms with van der Waals surface area (Å²) in [6.45, 7) is 1.98. The standard InChI is InChI=1S/C21H29N3O2/c1-23-19-11-6-5-10-18(19)22-21(23)20-12-7-13-24(20)14-16(25)15-26-17-8-3-2-4-9-17/h2-4,8-9,16,20,25H,5-7,10-15H2,1H3. The third-order valence-corrected chi connectivity index (χ3v) is 5.70. The molecule has 2 heterocycles. The lowest BCUT2D eigenvalue weighted by molar-refractivity contribution is 0.0623. The SMILES string of the molecule is Cn1c(C2CCCN2CC(O)COc2ccccc2)nc2c1CCCC2. The van der Waals surface area contributed by atoms with Crippen molar-refractivity contribution in [1.82, 2.24) is 14.5 Å². The molecule has 1 fully saturated rings. The molecule has 2 atom stereocenters. The summed E-state index contributed by atoms with van der Waals surface area (Å²) < 4.78 is 8.04. The van der Waals surface area contributed by atoms with Gasteiger partial charge in [-0.1, -0.05) is 18.2 Å². The third kappa shape index (κ3) is 3.64. The largest absolute Gasteiger partial charge is 0.491 e. The lowest BCUT2D eigenvalue weighted by Gasteiger charge is -2.26. The number of rotatable bonds is 6. The summed E-state index contributed by atoms with van der Waals surface area (Å²) in [7, 11) is 2.16. The van der Waals surface area contributed by atoms with Gasteiger partial charge in [0.1, 0.15) is 24.3 Å². The van der Waals surface area contributed by atoms with Crippen molar-refractivity contribution >= 4 is 0 Å². The van der Waals surface area contributed by atoms with Crippen LogP contribution in [0, 0.1) is 0 Å². The van der Waals surface area contributed by atoms with Crippen LogP contribution in [0.25, 0.3) is 0 Å². The first-order valence-electron chi connectivity index (χ1n) is 9.86. The summed E-state index contributed by atoms with van der Waals surface area (Å²) in [6.07, 6.45) is 6.58. The maximum Gasteiger partial charge on any atom is 0.126 e. The molecule has 2 unspecified atom stereocenters. The van der Waals surface area contributed by atoms with Gasteiger partial charge in [0.15, 0.2) is 0 Å². The number of aromatic nitrogens is 2. The fraction of sp³-hybridized carbons (Fsp3) is 0.571. The van der Waals surface area contributed by atoms with E-state index in [1.54, 1.807) is 0 Å². The van der Waals surface area contributed by atoms with Gasteiger partial charge in [0.05, 0.1) is 11.7 Å². The number of benzene rings is 1. The summed E-state index contributed by atoms with van der Waals surface area (Å²) in [6, 6.07) is 10.0. The predicted octanol–water partition coefficient (Wildman–Crippen LogP) is 2.88. The van der Waals surface area contributed by atoms with Crippen LogP contribution in [0.15, 0.2) is 30.3 Å². The highest BCUT2D eigenvalue weighted by Gasteiger charge is 2.32. The molecule has 1 aromatic heterocycles. The first-order chi connectivity index (χ1) is 12.7. The highest BCUT2D eigenvalue weighted by molar-refractivity contribution is 5.22. The summed E-state index contributed by atoms with van der Waals surface area (Å²) in [5.74, 6) is 1.99. The number of nitrogens with zero attached hydrogens (tertiary/aromatic N) is 3. The number of ether oxygens (including phenoxy) is 1. The number of aliphatic hydroxyl groups is 1. The Morgan fingerprint density at radius 1 is 1.19 bits per heavy atom. The average molecular weight is 355 g/mol. The van der Waals surface area contributed by atoms with Gasteiger partial charge in [-0.05, 0) is 57.2 Å². The van der Waals surface area contributed by atoms with Crippen LogP contribution in [0.5, 0.6) is 5.75 Å². The quantitative estimate of drug-likeness (QED) is 0.866. The Hall–Kier alpha value is -1.85. The molecule has 2 aliphatic rings. The van der Waals surface area contributed by atoms with Crippen LogP contribution in [-0.4, -0.2) is 45.4 Å². The van der Waals surface area contributed by atoms with Crippen LogP contribution in [0.2, 0.25) is 0 Å². The number of para-hydroxylation sites is 1. The Balaban J connectivity index is 1.40. The highest BCUT2D eigenvalue weighted by Crippen LogP contribution is 2.33. The molecule has 4 rings (SSSR count). The predicted molar refractivity (Wildman–Crippen MR) is 101 cm³/mol. The van der Waals surface area contributed by atoms with Crippen LogP contribution in [-0.2, 0) is 19.9 Å². The van der Waals surface area contributed by atoms with Crippen molar-refractivity contribution in [1.29, 1.82) is 0 Å². The second-order valence-corrected chi connectivity index (χ2v) is 7.56. The minimum Gasteiger partial charge on any atom is -0.491 e. The molecular weight excluding hydrogens is 326 g/mol. The minimum atomic E-state index is -0.495. The van der Waals surface area contributed by atoms with E-state index in [1.807, 2.05) is 30.3 Å². The zero-order valence-electron chi connectivity index (χ0n) is 15.6. The number of aliphatic hydroxyl groups excluding tert-OH is 1. The Morgan fingerprint density at radius 3 is 2.81 bits per heavy atom. The summed E-state index contributed by atoms with van der Waals surface area (Å²) in [5, 5.41) is 10.5. The molecule has 5 nitrogen and oxygen atoms in total. The van der Waals surface area contributed by atoms with E-state index >= 15 is 0 Å². The molecule has 1 aliphatic heterocycles. The molecule has 5 heteroatoms. The minimum absolute atomic E-state index is 0.317. The zero-order valence-corrected chi connectivity index (χ0v) is 15.6. The van der Waals surface area contributed by atoms with Crippen LogP contribution in [0.1, 0.15) is 48.9 Å². The smallest absolute Gasteiger partial charge is 0.126 e. The van der Waals surface area contributed by atoms with E-state index in [0.717, 1.165) is 38.0 Å². The fourth-order valence-electron chi connectivity index (χ4n) is 4.37. The molecule has 1 N–H and O–H groups in total. The molecular formula is C21H29N3O2. The Kier molecular flexibility index (Phi) is 5.27. The van der Waals surface area contributed by atoms with Gasteiger partial charge in [-0.2, -0.15) is 0 Å². The van der Waals surface area contributed by atoms with Crippen molar-refractivity contribution in [2.24, 2.45) is 7.05 Å². The summed E-state index contributed by atoms with van der Waals surface area (Å²) in [4.78, 5) is 7.37. The molecule has 1 saturated heterocycles. The number of fused-ring (bicyclic) bond motifs is 1. The van der Waals surface area contributed by atoms with Crippen molar-refractivity contribution in [3.8, 4) is 5.75 Å².